The average molecular weight is 313 g/mol. The van der Waals surface area contributed by atoms with E-state index in [1.54, 1.807) is 0 Å². The molecule has 0 fully saturated rings. The largest absolute Gasteiger partial charge is 0.352 e. The standard InChI is InChI=1S/C14H21BrN2O/c1-3-4-13(16)14(18)17-10(2)9-11-5-7-12(15)8-6-11/h5-8,10,13H,3-4,9,16H2,1-2H3,(H,17,18)/t10?,13-/m0/s1. The van der Waals surface area contributed by atoms with Gasteiger partial charge in [-0.25, -0.2) is 0 Å². The highest BCUT2D eigenvalue weighted by atomic mass is 79.9. The van der Waals surface area contributed by atoms with Gasteiger partial charge in [-0.05, 0) is 37.5 Å². The Kier molecular flexibility index (Phi) is 6.36. The number of carbonyl (C=O) groups excluding carboxylic acids is 1. The summed E-state index contributed by atoms with van der Waals surface area (Å²) in [5.41, 5.74) is 6.97. The molecule has 3 nitrogen and oxygen atoms in total. The van der Waals surface area contributed by atoms with Crippen LogP contribution in [0.3, 0.4) is 0 Å². The first kappa shape index (κ1) is 15.2. The van der Waals surface area contributed by atoms with Gasteiger partial charge in [-0.2, -0.15) is 0 Å². The van der Waals surface area contributed by atoms with E-state index >= 15 is 0 Å². The average Bonchev–Trinajstić information content (AvgIpc) is 2.32. The molecule has 0 saturated heterocycles. The Bertz CT molecular complexity index is 378. The van der Waals surface area contributed by atoms with Crippen LogP contribution in [-0.4, -0.2) is 18.0 Å². The molecule has 1 unspecified atom stereocenters. The molecule has 0 bridgehead atoms. The van der Waals surface area contributed by atoms with E-state index in [2.05, 4.69) is 33.4 Å². The van der Waals surface area contributed by atoms with E-state index < -0.39 is 0 Å². The number of hydrogen-bond acceptors (Lipinski definition) is 2. The zero-order valence-corrected chi connectivity index (χ0v) is 12.5. The number of nitrogens with two attached hydrogens (primary N) is 1. The second-order valence-electron chi connectivity index (χ2n) is 4.64. The summed E-state index contributed by atoms with van der Waals surface area (Å²) in [6, 6.07) is 7.83. The highest BCUT2D eigenvalue weighted by Gasteiger charge is 2.14. The Labute approximate surface area is 117 Å². The Balaban J connectivity index is 2.43. The van der Waals surface area contributed by atoms with E-state index in [1.165, 1.54) is 5.56 Å². The molecule has 1 amide bonds. The lowest BCUT2D eigenvalue weighted by Crippen LogP contribution is -2.45. The van der Waals surface area contributed by atoms with Crippen molar-refractivity contribution in [3.8, 4) is 0 Å². The molecule has 0 saturated carbocycles. The molecule has 1 rings (SSSR count). The van der Waals surface area contributed by atoms with Crippen molar-refractivity contribution < 1.29 is 4.79 Å². The van der Waals surface area contributed by atoms with E-state index in [9.17, 15) is 4.79 Å². The number of rotatable bonds is 6. The quantitative estimate of drug-likeness (QED) is 0.848. The van der Waals surface area contributed by atoms with E-state index in [0.717, 1.165) is 23.7 Å². The molecule has 0 heterocycles. The van der Waals surface area contributed by atoms with Crippen molar-refractivity contribution in [1.82, 2.24) is 5.32 Å². The van der Waals surface area contributed by atoms with Crippen LogP contribution in [0.4, 0.5) is 0 Å². The van der Waals surface area contributed by atoms with Crippen molar-refractivity contribution >= 4 is 21.8 Å². The maximum Gasteiger partial charge on any atom is 0.237 e. The van der Waals surface area contributed by atoms with Crippen LogP contribution in [-0.2, 0) is 11.2 Å². The smallest absolute Gasteiger partial charge is 0.237 e. The molecule has 0 aromatic heterocycles. The minimum absolute atomic E-state index is 0.0542. The zero-order chi connectivity index (χ0) is 13.5. The van der Waals surface area contributed by atoms with Gasteiger partial charge in [-0.3, -0.25) is 4.79 Å². The van der Waals surface area contributed by atoms with E-state index in [0.29, 0.717) is 0 Å². The molecule has 0 aliphatic heterocycles. The lowest BCUT2D eigenvalue weighted by Gasteiger charge is -2.17. The van der Waals surface area contributed by atoms with Crippen LogP contribution in [0.1, 0.15) is 32.3 Å². The number of benzene rings is 1. The zero-order valence-electron chi connectivity index (χ0n) is 10.9. The third-order valence-electron chi connectivity index (χ3n) is 2.78. The summed E-state index contributed by atoms with van der Waals surface area (Å²) in [6.07, 6.45) is 2.48. The second kappa shape index (κ2) is 7.54. The van der Waals surface area contributed by atoms with Crippen molar-refractivity contribution in [2.24, 2.45) is 5.73 Å². The number of amides is 1. The van der Waals surface area contributed by atoms with E-state index in [1.807, 2.05) is 26.0 Å². The number of halogens is 1. The normalized spacial score (nSPS) is 14.0. The van der Waals surface area contributed by atoms with Crippen molar-refractivity contribution in [3.63, 3.8) is 0 Å². The van der Waals surface area contributed by atoms with Gasteiger partial charge in [0.15, 0.2) is 0 Å². The molecule has 1 aromatic carbocycles. The van der Waals surface area contributed by atoms with Crippen LogP contribution in [0.25, 0.3) is 0 Å². The van der Waals surface area contributed by atoms with Gasteiger partial charge in [-0.1, -0.05) is 41.4 Å². The van der Waals surface area contributed by atoms with Crippen LogP contribution in [0.15, 0.2) is 28.7 Å². The van der Waals surface area contributed by atoms with Gasteiger partial charge in [0.2, 0.25) is 5.91 Å². The Hall–Kier alpha value is -0.870. The SMILES string of the molecule is CCC[C@H](N)C(=O)NC(C)Cc1ccc(Br)cc1. The van der Waals surface area contributed by atoms with Crippen molar-refractivity contribution in [1.29, 1.82) is 0 Å². The summed E-state index contributed by atoms with van der Waals surface area (Å²) in [5.74, 6) is -0.0542. The van der Waals surface area contributed by atoms with Crippen molar-refractivity contribution in [2.75, 3.05) is 0 Å². The monoisotopic (exact) mass is 312 g/mol. The lowest BCUT2D eigenvalue weighted by molar-refractivity contribution is -0.123. The fraction of sp³-hybridized carbons (Fsp3) is 0.500. The first-order valence-corrected chi connectivity index (χ1v) is 7.12. The molecular weight excluding hydrogens is 292 g/mol. The molecule has 4 heteroatoms. The van der Waals surface area contributed by atoms with Crippen LogP contribution < -0.4 is 11.1 Å². The fourth-order valence-electron chi connectivity index (χ4n) is 1.82. The summed E-state index contributed by atoms with van der Waals surface area (Å²) in [5, 5.41) is 2.95. The van der Waals surface area contributed by atoms with E-state index in [4.69, 9.17) is 5.73 Å². The summed E-state index contributed by atoms with van der Waals surface area (Å²) >= 11 is 3.40. The predicted octanol–water partition coefficient (Wildman–Crippen LogP) is 2.62. The highest BCUT2D eigenvalue weighted by Crippen LogP contribution is 2.11. The first-order valence-electron chi connectivity index (χ1n) is 6.33. The van der Waals surface area contributed by atoms with Gasteiger partial charge in [0.1, 0.15) is 0 Å². The molecule has 0 aliphatic carbocycles. The summed E-state index contributed by atoms with van der Waals surface area (Å²) in [7, 11) is 0. The van der Waals surface area contributed by atoms with Crippen LogP contribution >= 0.6 is 15.9 Å². The Morgan fingerprint density at radius 2 is 2.00 bits per heavy atom. The molecule has 1 aromatic rings. The number of nitrogens with one attached hydrogen (secondary N) is 1. The summed E-state index contributed by atoms with van der Waals surface area (Å²) in [4.78, 5) is 11.7. The Morgan fingerprint density at radius 3 is 2.56 bits per heavy atom. The van der Waals surface area contributed by atoms with Crippen LogP contribution in [0, 0.1) is 0 Å². The van der Waals surface area contributed by atoms with Crippen LogP contribution in [0.2, 0.25) is 0 Å². The molecular formula is C14H21BrN2O. The lowest BCUT2D eigenvalue weighted by atomic mass is 10.1. The molecule has 18 heavy (non-hydrogen) atoms. The fourth-order valence-corrected chi connectivity index (χ4v) is 2.08. The van der Waals surface area contributed by atoms with Gasteiger partial charge in [0.25, 0.3) is 0 Å². The van der Waals surface area contributed by atoms with Crippen molar-refractivity contribution in [3.05, 3.63) is 34.3 Å². The summed E-state index contributed by atoms with van der Waals surface area (Å²) in [6.45, 7) is 4.02. The van der Waals surface area contributed by atoms with Crippen molar-refractivity contribution in [2.45, 2.75) is 45.2 Å². The molecule has 0 radical (unpaired) electrons. The topological polar surface area (TPSA) is 55.1 Å². The number of hydrogen-bond donors (Lipinski definition) is 2. The molecule has 0 spiro atoms. The van der Waals surface area contributed by atoms with E-state index in [-0.39, 0.29) is 18.0 Å². The maximum atomic E-state index is 11.7. The van der Waals surface area contributed by atoms with Crippen LogP contribution in [0.5, 0.6) is 0 Å². The third kappa shape index (κ3) is 5.19. The predicted molar refractivity (Wildman–Crippen MR) is 78.3 cm³/mol. The second-order valence-corrected chi connectivity index (χ2v) is 5.55. The Morgan fingerprint density at radius 1 is 1.39 bits per heavy atom. The number of carbonyl (C=O) groups is 1. The first-order chi connectivity index (χ1) is 8.52. The molecule has 0 aliphatic rings. The third-order valence-corrected chi connectivity index (χ3v) is 3.31. The maximum absolute atomic E-state index is 11.7. The summed E-state index contributed by atoms with van der Waals surface area (Å²) < 4.78 is 1.06. The molecule has 100 valence electrons. The van der Waals surface area contributed by atoms with Gasteiger partial charge in [0.05, 0.1) is 6.04 Å². The van der Waals surface area contributed by atoms with Gasteiger partial charge < -0.3 is 11.1 Å². The molecule has 3 N–H and O–H groups in total. The minimum Gasteiger partial charge on any atom is -0.352 e. The molecule has 2 atom stereocenters. The minimum atomic E-state index is -0.387. The van der Waals surface area contributed by atoms with Gasteiger partial charge in [-0.15, -0.1) is 0 Å². The van der Waals surface area contributed by atoms with Gasteiger partial charge >= 0.3 is 0 Å². The highest BCUT2D eigenvalue weighted by molar-refractivity contribution is 9.10. The van der Waals surface area contributed by atoms with Gasteiger partial charge in [0, 0.05) is 10.5 Å².